The van der Waals surface area contributed by atoms with Gasteiger partial charge in [-0.3, -0.25) is 0 Å². The number of anilines is 1. The second-order valence-electron chi connectivity index (χ2n) is 6.64. The molecule has 0 unspecified atom stereocenters. The Morgan fingerprint density at radius 2 is 2.04 bits per heavy atom. The van der Waals surface area contributed by atoms with Crippen molar-refractivity contribution in [1.29, 1.82) is 0 Å². The van der Waals surface area contributed by atoms with E-state index in [1.165, 1.54) is 5.57 Å². The summed E-state index contributed by atoms with van der Waals surface area (Å²) >= 11 is 0. The first kappa shape index (κ1) is 18.9. The van der Waals surface area contributed by atoms with Crippen LogP contribution in [0.2, 0.25) is 0 Å². The molecule has 6 heteroatoms. The minimum Gasteiger partial charge on any atom is -0.630 e. The highest BCUT2D eigenvalue weighted by Crippen LogP contribution is 2.24. The topological polar surface area (TPSA) is 77.9 Å². The monoisotopic (exact) mass is 364 g/mol. The fourth-order valence-electron chi connectivity index (χ4n) is 2.90. The molecule has 2 aromatic heterocycles. The number of quaternary nitrogens is 1. The van der Waals surface area contributed by atoms with Crippen LogP contribution in [-0.4, -0.2) is 29.2 Å². The van der Waals surface area contributed by atoms with E-state index in [1.807, 2.05) is 32.1 Å². The van der Waals surface area contributed by atoms with E-state index < -0.39 is 0 Å². The average Bonchev–Trinajstić information content (AvgIpc) is 2.69. The normalized spacial score (nSPS) is 13.9. The number of hydrogen-bond acceptors (Lipinski definition) is 5. The molecule has 2 aromatic rings. The van der Waals surface area contributed by atoms with Gasteiger partial charge in [-0.2, -0.15) is 0 Å². The van der Waals surface area contributed by atoms with Crippen molar-refractivity contribution in [3.8, 4) is 17.7 Å². The molecule has 0 saturated carbocycles. The molecule has 1 aliphatic heterocycles. The van der Waals surface area contributed by atoms with Crippen LogP contribution >= 0.6 is 0 Å². The summed E-state index contributed by atoms with van der Waals surface area (Å²) < 4.78 is 5.53. The highest BCUT2D eigenvalue weighted by molar-refractivity contribution is 5.57. The number of allylic oxidation sites excluding steroid dienone is 1. The quantitative estimate of drug-likeness (QED) is 0.666. The predicted molar refractivity (Wildman–Crippen MR) is 106 cm³/mol. The van der Waals surface area contributed by atoms with E-state index in [-0.39, 0.29) is 6.10 Å². The molecule has 0 atom stereocenters. The molecule has 2 N–H and O–H groups in total. The van der Waals surface area contributed by atoms with Gasteiger partial charge in [-0.1, -0.05) is 17.4 Å². The van der Waals surface area contributed by atoms with E-state index >= 15 is 0 Å². The lowest BCUT2D eigenvalue weighted by Crippen LogP contribution is -2.70. The lowest BCUT2D eigenvalue weighted by molar-refractivity contribution is -0.496. The fourth-order valence-corrected chi connectivity index (χ4v) is 2.90. The summed E-state index contributed by atoms with van der Waals surface area (Å²) in [6, 6.07) is 7.35. The Kier molecular flexibility index (Phi) is 6.42. The number of nitrogens with zero attached hydrogens (tertiary/aromatic N) is 3. The number of pyridine rings is 2. The summed E-state index contributed by atoms with van der Waals surface area (Å²) in [5.41, 5.74) is 3.69. The molecule has 0 amide bonds. The highest BCUT2D eigenvalue weighted by atomic mass is 16.5. The van der Waals surface area contributed by atoms with Crippen LogP contribution in [0.1, 0.15) is 32.3 Å². The number of aromatic nitrogens is 2. The average molecular weight is 364 g/mol. The molecule has 1 saturated heterocycles. The summed E-state index contributed by atoms with van der Waals surface area (Å²) in [5, 5.41) is 11.2. The molecule has 27 heavy (non-hydrogen) atoms. The Hall–Kier alpha value is -2.88. The maximum atomic E-state index is 11.2. The van der Waals surface area contributed by atoms with E-state index in [4.69, 9.17) is 4.74 Å². The molecular weight excluding hydrogens is 340 g/mol. The van der Waals surface area contributed by atoms with E-state index in [9.17, 15) is 5.21 Å². The second kappa shape index (κ2) is 9.17. The number of piperidine rings is 1. The van der Waals surface area contributed by atoms with E-state index in [0.29, 0.717) is 11.6 Å². The van der Waals surface area contributed by atoms with Crippen molar-refractivity contribution < 1.29 is 10.2 Å². The van der Waals surface area contributed by atoms with Gasteiger partial charge in [0.05, 0.1) is 6.10 Å². The molecule has 3 rings (SSSR count). The largest absolute Gasteiger partial charge is 0.630 e. The van der Waals surface area contributed by atoms with Crippen LogP contribution < -0.4 is 15.1 Å². The molecular formula is C21H24N4O2. The Morgan fingerprint density at radius 1 is 1.22 bits per heavy atom. The Morgan fingerprint density at radius 3 is 2.70 bits per heavy atom. The molecule has 0 bridgehead atoms. The van der Waals surface area contributed by atoms with E-state index in [0.717, 1.165) is 42.8 Å². The SMILES string of the molecule is CC(C)Oc1ccc(C#CC=C2CCN(c3ncccc3[NH2+][O-])CC2)cn1. The number of nitrogens with two attached hydrogens (primary N) is 1. The standard InChI is InChI=1S/C21H24N4O2/c1-16(2)27-20-9-8-18(15-23-20)6-3-5-17-10-13-25(14-11-17)21-19(24-26)7-4-12-22-21/h4-5,7-9,12,15-16H,10-11,13-14,24H2,1-2H3. The van der Waals surface area contributed by atoms with Crippen molar-refractivity contribution in [1.82, 2.24) is 9.97 Å². The van der Waals surface area contributed by atoms with E-state index in [1.54, 1.807) is 24.5 Å². The highest BCUT2D eigenvalue weighted by Gasteiger charge is 2.18. The van der Waals surface area contributed by atoms with Crippen molar-refractivity contribution in [2.45, 2.75) is 32.8 Å². The summed E-state index contributed by atoms with van der Waals surface area (Å²) in [4.78, 5) is 10.8. The predicted octanol–water partition coefficient (Wildman–Crippen LogP) is 2.53. The molecule has 6 nitrogen and oxygen atoms in total. The molecule has 0 radical (unpaired) electrons. The van der Waals surface area contributed by atoms with Crippen molar-refractivity contribution in [2.24, 2.45) is 0 Å². The second-order valence-corrected chi connectivity index (χ2v) is 6.64. The summed E-state index contributed by atoms with van der Waals surface area (Å²) in [6.45, 7) is 5.63. The van der Waals surface area contributed by atoms with Gasteiger partial charge < -0.3 is 20.3 Å². The zero-order valence-electron chi connectivity index (χ0n) is 15.7. The van der Waals surface area contributed by atoms with Crippen LogP contribution in [-0.2, 0) is 0 Å². The van der Waals surface area contributed by atoms with Gasteiger partial charge >= 0.3 is 0 Å². The van der Waals surface area contributed by atoms with Gasteiger partial charge in [0.2, 0.25) is 5.88 Å². The zero-order valence-corrected chi connectivity index (χ0v) is 15.7. The van der Waals surface area contributed by atoms with Gasteiger partial charge in [0.15, 0.2) is 11.5 Å². The van der Waals surface area contributed by atoms with Crippen LogP contribution in [0, 0.1) is 17.0 Å². The van der Waals surface area contributed by atoms with Crippen LogP contribution in [0.5, 0.6) is 5.88 Å². The Balaban J connectivity index is 1.57. The van der Waals surface area contributed by atoms with Crippen molar-refractivity contribution >= 4 is 11.5 Å². The molecule has 0 spiro atoms. The third kappa shape index (κ3) is 5.30. The maximum Gasteiger partial charge on any atom is 0.213 e. The fraction of sp³-hybridized carbons (Fsp3) is 0.333. The summed E-state index contributed by atoms with van der Waals surface area (Å²) in [7, 11) is 0. The van der Waals surface area contributed by atoms with Gasteiger partial charge in [0, 0.05) is 43.2 Å². The van der Waals surface area contributed by atoms with Crippen LogP contribution in [0.15, 0.2) is 48.3 Å². The summed E-state index contributed by atoms with van der Waals surface area (Å²) in [6.07, 6.45) is 7.40. The third-order valence-electron chi connectivity index (χ3n) is 4.23. The first-order valence-corrected chi connectivity index (χ1v) is 9.13. The van der Waals surface area contributed by atoms with Gasteiger partial charge in [-0.05, 0) is 44.9 Å². The lowest BCUT2D eigenvalue weighted by atomic mass is 10.0. The minimum atomic E-state index is 0.110. The zero-order chi connectivity index (χ0) is 19.1. The van der Waals surface area contributed by atoms with Crippen LogP contribution in [0.25, 0.3) is 0 Å². The maximum absolute atomic E-state index is 11.2. The molecule has 1 fully saturated rings. The molecule has 140 valence electrons. The smallest absolute Gasteiger partial charge is 0.213 e. The third-order valence-corrected chi connectivity index (χ3v) is 4.23. The first-order chi connectivity index (χ1) is 13.2. The molecule has 0 aliphatic carbocycles. The van der Waals surface area contributed by atoms with Crippen molar-refractivity contribution in [3.05, 3.63) is 59.1 Å². The first-order valence-electron chi connectivity index (χ1n) is 9.13. The van der Waals surface area contributed by atoms with Gasteiger partial charge in [0.1, 0.15) is 0 Å². The van der Waals surface area contributed by atoms with E-state index in [2.05, 4.69) is 26.7 Å². The van der Waals surface area contributed by atoms with Crippen molar-refractivity contribution in [3.63, 3.8) is 0 Å². The molecule has 0 aromatic carbocycles. The van der Waals surface area contributed by atoms with Gasteiger partial charge in [-0.25, -0.2) is 9.97 Å². The van der Waals surface area contributed by atoms with Gasteiger partial charge in [0.25, 0.3) is 0 Å². The molecule has 1 aliphatic rings. The van der Waals surface area contributed by atoms with Crippen LogP contribution in [0.4, 0.5) is 11.5 Å². The number of hydrogen-bond donors (Lipinski definition) is 1. The van der Waals surface area contributed by atoms with Gasteiger partial charge in [-0.15, -0.1) is 0 Å². The Bertz CT molecular complexity index is 840. The number of ether oxygens (including phenoxy) is 1. The molecule has 3 heterocycles. The Labute approximate surface area is 159 Å². The van der Waals surface area contributed by atoms with Crippen LogP contribution in [0.3, 0.4) is 0 Å². The number of rotatable bonds is 4. The minimum absolute atomic E-state index is 0.110. The van der Waals surface area contributed by atoms with Crippen molar-refractivity contribution in [2.75, 3.05) is 18.0 Å². The lowest BCUT2D eigenvalue weighted by Gasteiger charge is -2.29. The summed E-state index contributed by atoms with van der Waals surface area (Å²) in [5.74, 6) is 7.63.